The van der Waals surface area contributed by atoms with Crippen LogP contribution in [0.5, 0.6) is 11.5 Å². The third-order valence-corrected chi connectivity index (χ3v) is 14.6. The molecule has 0 saturated heterocycles. The average molecular weight is 1220 g/mol. The van der Waals surface area contributed by atoms with Gasteiger partial charge < -0.3 is 51.4 Å². The zero-order chi connectivity index (χ0) is 60.6. The summed E-state index contributed by atoms with van der Waals surface area (Å²) in [7, 11) is -15.7. The molecule has 0 radical (unpaired) electrons. The van der Waals surface area contributed by atoms with Crippen molar-refractivity contribution in [2.75, 3.05) is 34.4 Å². The summed E-state index contributed by atoms with van der Waals surface area (Å²) in [6, 6.07) is 12.6. The first kappa shape index (κ1) is 59.3. The Morgan fingerprint density at radius 2 is 1.02 bits per heavy atom. The van der Waals surface area contributed by atoms with E-state index in [1.54, 1.807) is 13.8 Å². The molecule has 38 heteroatoms. The number of aromatic nitrogens is 6. The van der Waals surface area contributed by atoms with Crippen molar-refractivity contribution in [3.63, 3.8) is 0 Å². The van der Waals surface area contributed by atoms with Gasteiger partial charge in [-0.1, -0.05) is 23.3 Å². The number of rotatable bonds is 20. The predicted octanol–water partition coefficient (Wildman–Crippen LogP) is 4.90. The lowest BCUT2D eigenvalue weighted by Gasteiger charge is -2.16. The first-order chi connectivity index (χ1) is 38.8. The molecule has 0 amide bonds. The highest BCUT2D eigenvalue weighted by Crippen LogP contribution is 2.47. The third-order valence-electron chi connectivity index (χ3n) is 11.4. The molecular formula is C45H38N14O20S4. The van der Waals surface area contributed by atoms with Crippen molar-refractivity contribution in [3.8, 4) is 11.5 Å². The van der Waals surface area contributed by atoms with Crippen LogP contribution >= 0.6 is 0 Å². The molecule has 0 bridgehead atoms. The van der Waals surface area contributed by atoms with Gasteiger partial charge in [-0.3, -0.25) is 23.6 Å². The second-order valence-corrected chi connectivity index (χ2v) is 22.5. The number of phenols is 2. The molecule has 34 nitrogen and oxygen atoms in total. The van der Waals surface area contributed by atoms with Crippen LogP contribution in [0.15, 0.2) is 122 Å². The van der Waals surface area contributed by atoms with E-state index in [2.05, 4.69) is 71.6 Å². The Balaban J connectivity index is 1.05. The number of hydrogen-bond acceptors (Lipinski definition) is 26. The van der Waals surface area contributed by atoms with Crippen LogP contribution in [0.25, 0.3) is 21.5 Å². The number of aromatic carboxylic acids is 2. The first-order valence-electron chi connectivity index (χ1n) is 22.7. The number of azo groups is 2. The van der Waals surface area contributed by atoms with Gasteiger partial charge in [0.25, 0.3) is 30.4 Å². The number of aliphatic hydroxyl groups is 1. The van der Waals surface area contributed by atoms with Gasteiger partial charge in [0, 0.05) is 23.9 Å². The van der Waals surface area contributed by atoms with Crippen molar-refractivity contribution in [1.29, 1.82) is 0 Å². The van der Waals surface area contributed by atoms with E-state index in [1.165, 1.54) is 36.4 Å². The van der Waals surface area contributed by atoms with Gasteiger partial charge in [-0.05, 0) is 85.3 Å². The van der Waals surface area contributed by atoms with Crippen LogP contribution in [0.4, 0.5) is 57.9 Å². The molecular weight excluding hydrogens is 1180 g/mol. The molecule has 0 fully saturated rings. The Bertz CT molecular complexity index is 4620. The molecule has 0 spiro atoms. The van der Waals surface area contributed by atoms with E-state index in [-0.39, 0.29) is 39.0 Å². The number of anilines is 6. The van der Waals surface area contributed by atoms with Crippen molar-refractivity contribution in [3.05, 3.63) is 116 Å². The normalized spacial score (nSPS) is 12.9. The quantitative estimate of drug-likeness (QED) is 0.0274. The van der Waals surface area contributed by atoms with E-state index in [4.69, 9.17) is 0 Å². The fourth-order valence-corrected chi connectivity index (χ4v) is 10.1. The lowest BCUT2D eigenvalue weighted by atomic mass is 10.1. The molecule has 0 aliphatic heterocycles. The Morgan fingerprint density at radius 1 is 0.602 bits per heavy atom. The van der Waals surface area contributed by atoms with Gasteiger partial charge in [-0.25, -0.2) is 23.4 Å². The van der Waals surface area contributed by atoms with Gasteiger partial charge in [0.15, 0.2) is 22.6 Å². The number of carbonyl (C=O) groups is 2. The molecule has 8 rings (SSSR count). The Labute approximate surface area is 465 Å². The number of aliphatic hydroxyl groups excluding tert-OH is 1. The van der Waals surface area contributed by atoms with E-state index < -0.39 is 167 Å². The summed E-state index contributed by atoms with van der Waals surface area (Å²) < 4.78 is 128. The standard InChI is InChI=1S/C45H38N14O20S4/c1-17-3-5-26(24(7-17)38(63)64)56-58-34-30(82(74,75)76)11-19-9-22(80(69)70)13-28(32(19)36(34)61)48-42-50-40(52-44(67)54-42)46-15-21(60)16-47-41-51-43(55-45(68)53-41)49-29-14-23(81(71,72)73)10-20-12-31(83(77,78)79)35(37(62)33(20)29)59-57-27-6-4-18(2)8-25(27)39(65)66/h3-14,21,60-62H,15-16H2,1-2H3,(H,63,64)(H,65,66)(H,69,70)(H,71,72,73)(H,74,75,76)(H,77,78,79)(H3,46,48,50,52,54,67)(H3,47,49,51,53,55,68). The minimum atomic E-state index is -5.34. The minimum Gasteiger partial charge on any atom is -0.505 e. The lowest BCUT2D eigenvalue weighted by molar-refractivity contribution is 0.0686. The molecule has 0 aliphatic carbocycles. The lowest BCUT2D eigenvalue weighted by Crippen LogP contribution is -2.30. The molecule has 0 aliphatic rings. The molecule has 15 N–H and O–H groups in total. The molecule has 0 saturated carbocycles. The van der Waals surface area contributed by atoms with Crippen molar-refractivity contribution < 1.29 is 82.8 Å². The number of nitrogens with one attached hydrogen (secondary N) is 6. The number of nitrogens with zero attached hydrogens (tertiary/aromatic N) is 8. The van der Waals surface area contributed by atoms with Crippen LogP contribution in [-0.2, 0) is 41.4 Å². The summed E-state index contributed by atoms with van der Waals surface area (Å²) in [5.74, 6) is -7.13. The number of phenolic OH excluding ortho intramolecular Hbond substituents is 2. The zero-order valence-corrected chi connectivity index (χ0v) is 44.9. The van der Waals surface area contributed by atoms with E-state index in [9.17, 15) is 92.4 Å². The maximum Gasteiger partial charge on any atom is 0.351 e. The van der Waals surface area contributed by atoms with E-state index >= 15 is 0 Å². The summed E-state index contributed by atoms with van der Waals surface area (Å²) in [5, 5.41) is 77.1. The van der Waals surface area contributed by atoms with Gasteiger partial charge in [-0.15, -0.1) is 20.5 Å². The molecule has 8 aromatic rings. The van der Waals surface area contributed by atoms with Crippen LogP contribution in [0.1, 0.15) is 31.8 Å². The van der Waals surface area contributed by atoms with Crippen LogP contribution in [0, 0.1) is 13.8 Å². The number of carboxylic acid groups (broad SMARTS) is 2. The van der Waals surface area contributed by atoms with Gasteiger partial charge in [0.05, 0.1) is 38.4 Å². The van der Waals surface area contributed by atoms with Crippen molar-refractivity contribution in [2.45, 2.75) is 39.5 Å². The SMILES string of the molecule is Cc1ccc(N=Nc2c(S(=O)(=O)O)cc3cc(S(=O)O)cc(Nc4nc(NCC(O)CNc5nc(Nc6cc(S(=O)(=O)O)cc7cc(S(=O)(=O)O)c(N=Nc8ccc(C)cc8C(=O)O)c(O)c67)[nH]c(=O)n5)nc(=O)[nH]4)c3c2O)c(C(=O)O)c1. The number of aryl methyl sites for hydroxylation is 2. The van der Waals surface area contributed by atoms with Crippen LogP contribution in [0.2, 0.25) is 0 Å². The topological polar surface area (TPSA) is 551 Å². The predicted molar refractivity (Wildman–Crippen MR) is 289 cm³/mol. The summed E-state index contributed by atoms with van der Waals surface area (Å²) in [5.41, 5.74) is -5.37. The molecule has 6 aromatic carbocycles. The Kier molecular flexibility index (Phi) is 16.4. The number of hydrogen-bond donors (Lipinski definition) is 15. The molecule has 2 heterocycles. The fourth-order valence-electron chi connectivity index (χ4n) is 7.77. The van der Waals surface area contributed by atoms with Crippen molar-refractivity contribution in [1.82, 2.24) is 29.9 Å². The molecule has 2 atom stereocenters. The van der Waals surface area contributed by atoms with Gasteiger partial charge in [-0.2, -0.15) is 45.2 Å². The summed E-state index contributed by atoms with van der Waals surface area (Å²) in [4.78, 5) is 65.8. The molecule has 432 valence electrons. The van der Waals surface area contributed by atoms with E-state index in [0.717, 1.165) is 24.3 Å². The number of benzene rings is 6. The minimum absolute atomic E-state index is 0.290. The summed E-state index contributed by atoms with van der Waals surface area (Å²) >= 11 is -2.79. The molecule has 2 unspecified atom stereocenters. The fraction of sp³-hybridized carbons (Fsp3) is 0.111. The second-order valence-electron chi connectivity index (χ2n) is 17.3. The maximum atomic E-state index is 12.8. The van der Waals surface area contributed by atoms with Gasteiger partial charge >= 0.3 is 23.3 Å². The Morgan fingerprint density at radius 3 is 1.42 bits per heavy atom. The highest BCUT2D eigenvalue weighted by Gasteiger charge is 2.28. The number of fused-ring (bicyclic) bond motifs is 2. The van der Waals surface area contributed by atoms with Gasteiger partial charge in [0.2, 0.25) is 23.8 Å². The number of aromatic hydroxyl groups is 2. The number of H-pyrrole nitrogens is 2. The van der Waals surface area contributed by atoms with Crippen molar-refractivity contribution in [2.24, 2.45) is 20.5 Å². The molecule has 83 heavy (non-hydrogen) atoms. The monoisotopic (exact) mass is 1220 g/mol. The van der Waals surface area contributed by atoms with Crippen LogP contribution < -0.4 is 32.6 Å². The third kappa shape index (κ3) is 13.5. The Hall–Kier alpha value is -9.80. The number of carboxylic acids is 2. The van der Waals surface area contributed by atoms with E-state index in [0.29, 0.717) is 23.3 Å². The first-order valence-corrected chi connectivity index (χ1v) is 28.2. The average Bonchev–Trinajstić information content (AvgIpc) is 3.56. The van der Waals surface area contributed by atoms with Crippen LogP contribution in [0.3, 0.4) is 0 Å². The van der Waals surface area contributed by atoms with Crippen LogP contribution in [-0.4, -0.2) is 134 Å². The zero-order valence-electron chi connectivity index (χ0n) is 41.6. The van der Waals surface area contributed by atoms with Gasteiger partial charge in [0.1, 0.15) is 32.5 Å². The summed E-state index contributed by atoms with van der Waals surface area (Å²) in [6.07, 6.45) is -1.50. The maximum absolute atomic E-state index is 12.8. The summed E-state index contributed by atoms with van der Waals surface area (Å²) in [6.45, 7) is 2.15. The largest absolute Gasteiger partial charge is 0.505 e. The highest BCUT2D eigenvalue weighted by molar-refractivity contribution is 7.86. The van der Waals surface area contributed by atoms with Crippen molar-refractivity contribution >= 4 is 133 Å². The molecule has 2 aromatic heterocycles. The smallest absolute Gasteiger partial charge is 0.351 e. The number of aromatic amines is 2. The second kappa shape index (κ2) is 23.0. The van der Waals surface area contributed by atoms with E-state index in [1.807, 2.05) is 0 Å². The highest BCUT2D eigenvalue weighted by atomic mass is 32.2.